The molecule has 0 saturated heterocycles. The van der Waals surface area contributed by atoms with Gasteiger partial charge in [0.1, 0.15) is 5.76 Å². The minimum atomic E-state index is -3.66. The summed E-state index contributed by atoms with van der Waals surface area (Å²) in [6.07, 6.45) is 4.85. The molecule has 124 valence electrons. The molecule has 0 amide bonds. The van der Waals surface area contributed by atoms with E-state index in [1.807, 2.05) is 12.1 Å². The number of furan rings is 1. The largest absolute Gasteiger partial charge is 0.464 e. The van der Waals surface area contributed by atoms with E-state index in [0.29, 0.717) is 16.3 Å². The first kappa shape index (κ1) is 16.7. The van der Waals surface area contributed by atoms with Gasteiger partial charge in [0.05, 0.1) is 11.2 Å². The Bertz CT molecular complexity index is 954. The Morgan fingerprint density at radius 2 is 2.04 bits per heavy atom. The highest BCUT2D eigenvalue weighted by Gasteiger charge is 2.17. The first-order valence-electron chi connectivity index (χ1n) is 7.19. The van der Waals surface area contributed by atoms with E-state index in [9.17, 15) is 8.42 Å². The van der Waals surface area contributed by atoms with E-state index in [1.54, 1.807) is 43.8 Å². The van der Waals surface area contributed by atoms with Gasteiger partial charge in [-0.25, -0.2) is 13.1 Å². The monoisotopic (exact) mass is 362 g/mol. The van der Waals surface area contributed by atoms with Gasteiger partial charge in [-0.1, -0.05) is 17.7 Å². The zero-order valence-electron chi connectivity index (χ0n) is 12.9. The van der Waals surface area contributed by atoms with Crippen LogP contribution in [-0.2, 0) is 16.6 Å². The Labute approximate surface area is 145 Å². The van der Waals surface area contributed by atoms with Gasteiger partial charge in [0.2, 0.25) is 10.0 Å². The number of halogens is 1. The van der Waals surface area contributed by atoms with Crippen molar-refractivity contribution in [1.82, 2.24) is 9.71 Å². The molecular formula is C17H15ClN2O3S. The van der Waals surface area contributed by atoms with Crippen molar-refractivity contribution in [3.05, 3.63) is 71.2 Å². The second-order valence-electron chi connectivity index (χ2n) is 5.29. The van der Waals surface area contributed by atoms with Crippen LogP contribution in [0.25, 0.3) is 11.3 Å². The van der Waals surface area contributed by atoms with Crippen LogP contribution in [0, 0.1) is 6.92 Å². The fourth-order valence-corrected chi connectivity index (χ4v) is 3.80. The minimum absolute atomic E-state index is 0.121. The summed E-state index contributed by atoms with van der Waals surface area (Å²) in [4.78, 5) is 4.30. The minimum Gasteiger partial charge on any atom is -0.464 e. The summed E-state index contributed by atoms with van der Waals surface area (Å²) in [5.41, 5.74) is 2.15. The number of nitrogens with one attached hydrogen (secondary N) is 1. The zero-order chi connectivity index (χ0) is 17.2. The topological polar surface area (TPSA) is 72.2 Å². The first-order chi connectivity index (χ1) is 11.5. The van der Waals surface area contributed by atoms with E-state index in [0.717, 1.165) is 11.1 Å². The van der Waals surface area contributed by atoms with Crippen molar-refractivity contribution < 1.29 is 12.8 Å². The highest BCUT2D eigenvalue weighted by Crippen LogP contribution is 2.22. The lowest BCUT2D eigenvalue weighted by Crippen LogP contribution is -2.24. The maximum absolute atomic E-state index is 12.5. The van der Waals surface area contributed by atoms with Gasteiger partial charge >= 0.3 is 0 Å². The van der Waals surface area contributed by atoms with Crippen LogP contribution in [0.3, 0.4) is 0 Å². The molecule has 3 rings (SSSR count). The summed E-state index contributed by atoms with van der Waals surface area (Å²) >= 11 is 5.91. The predicted octanol–water partition coefficient (Wildman–Crippen LogP) is 3.78. The molecule has 7 heteroatoms. The van der Waals surface area contributed by atoms with Crippen LogP contribution in [0.5, 0.6) is 0 Å². The van der Waals surface area contributed by atoms with Crippen LogP contribution >= 0.6 is 11.6 Å². The van der Waals surface area contributed by atoms with Gasteiger partial charge in [0, 0.05) is 29.5 Å². The Morgan fingerprint density at radius 1 is 1.21 bits per heavy atom. The number of aromatic nitrogens is 1. The smallest absolute Gasteiger partial charge is 0.241 e. The third-order valence-corrected chi connectivity index (χ3v) is 5.28. The molecule has 0 aliphatic heterocycles. The summed E-state index contributed by atoms with van der Waals surface area (Å²) in [6, 6.07) is 10.2. The van der Waals surface area contributed by atoms with Crippen molar-refractivity contribution in [2.75, 3.05) is 0 Å². The van der Waals surface area contributed by atoms with Crippen LogP contribution in [0.15, 0.2) is 64.4 Å². The van der Waals surface area contributed by atoms with Crippen molar-refractivity contribution in [1.29, 1.82) is 0 Å². The standard InChI is InChI=1S/C17H15ClN2O3S/c1-12-4-5-15(18)8-17(12)24(21,22)20-10-13-7-14(11-19-9-13)16-3-2-6-23-16/h2-9,11,20H,10H2,1H3. The normalized spacial score (nSPS) is 11.6. The molecule has 0 bridgehead atoms. The molecule has 2 aromatic heterocycles. The number of pyridine rings is 1. The van der Waals surface area contributed by atoms with E-state index >= 15 is 0 Å². The molecule has 0 radical (unpaired) electrons. The zero-order valence-corrected chi connectivity index (χ0v) is 14.4. The van der Waals surface area contributed by atoms with Crippen LogP contribution in [0.1, 0.15) is 11.1 Å². The van der Waals surface area contributed by atoms with E-state index in [1.165, 1.54) is 6.07 Å². The molecule has 0 atom stereocenters. The summed E-state index contributed by atoms with van der Waals surface area (Å²) in [7, 11) is -3.66. The first-order valence-corrected chi connectivity index (χ1v) is 9.05. The molecule has 3 aromatic rings. The van der Waals surface area contributed by atoms with Gasteiger partial charge in [-0.3, -0.25) is 4.98 Å². The van der Waals surface area contributed by atoms with E-state index in [-0.39, 0.29) is 11.4 Å². The number of rotatable bonds is 5. The average Bonchev–Trinajstić information content (AvgIpc) is 3.10. The quantitative estimate of drug-likeness (QED) is 0.749. The number of nitrogens with zero attached hydrogens (tertiary/aromatic N) is 1. The fourth-order valence-electron chi connectivity index (χ4n) is 2.28. The van der Waals surface area contributed by atoms with Gasteiger partial charge < -0.3 is 4.42 Å². The second kappa shape index (κ2) is 6.76. The molecule has 0 unspecified atom stereocenters. The lowest BCUT2D eigenvalue weighted by atomic mass is 10.2. The van der Waals surface area contributed by atoms with Gasteiger partial charge in [-0.2, -0.15) is 0 Å². The van der Waals surface area contributed by atoms with Crippen LogP contribution in [0.4, 0.5) is 0 Å². The van der Waals surface area contributed by atoms with Gasteiger partial charge in [-0.15, -0.1) is 0 Å². The molecule has 24 heavy (non-hydrogen) atoms. The van der Waals surface area contributed by atoms with Crippen molar-refractivity contribution in [3.63, 3.8) is 0 Å². The maximum Gasteiger partial charge on any atom is 0.241 e. The van der Waals surface area contributed by atoms with E-state index < -0.39 is 10.0 Å². The second-order valence-corrected chi connectivity index (χ2v) is 7.47. The third-order valence-electron chi connectivity index (χ3n) is 3.51. The molecule has 2 heterocycles. The van der Waals surface area contributed by atoms with Gasteiger partial charge in [0.25, 0.3) is 0 Å². The predicted molar refractivity (Wildman–Crippen MR) is 92.2 cm³/mol. The van der Waals surface area contributed by atoms with E-state index in [2.05, 4.69) is 9.71 Å². The van der Waals surface area contributed by atoms with Crippen molar-refractivity contribution in [2.24, 2.45) is 0 Å². The number of sulfonamides is 1. The molecule has 0 aliphatic rings. The Balaban J connectivity index is 1.80. The Hall–Kier alpha value is -2.15. The lowest BCUT2D eigenvalue weighted by molar-refractivity contribution is 0.580. The molecule has 1 N–H and O–H groups in total. The molecular weight excluding hydrogens is 348 g/mol. The highest BCUT2D eigenvalue weighted by molar-refractivity contribution is 7.89. The lowest BCUT2D eigenvalue weighted by Gasteiger charge is -2.10. The summed E-state index contributed by atoms with van der Waals surface area (Å²) < 4.78 is 32.9. The molecule has 0 fully saturated rings. The summed E-state index contributed by atoms with van der Waals surface area (Å²) in [6.45, 7) is 1.85. The summed E-state index contributed by atoms with van der Waals surface area (Å²) in [5.74, 6) is 0.679. The molecule has 0 saturated carbocycles. The highest BCUT2D eigenvalue weighted by atomic mass is 35.5. The van der Waals surface area contributed by atoms with Crippen LogP contribution in [-0.4, -0.2) is 13.4 Å². The average molecular weight is 363 g/mol. The molecule has 0 aliphatic carbocycles. The number of aryl methyl sites for hydroxylation is 1. The summed E-state index contributed by atoms with van der Waals surface area (Å²) in [5, 5.41) is 0.377. The van der Waals surface area contributed by atoms with Crippen molar-refractivity contribution in [2.45, 2.75) is 18.4 Å². The number of benzene rings is 1. The Kier molecular flexibility index (Phi) is 4.71. The number of hydrogen-bond acceptors (Lipinski definition) is 4. The van der Waals surface area contributed by atoms with Gasteiger partial charge in [-0.05, 0) is 48.4 Å². The third kappa shape index (κ3) is 3.67. The van der Waals surface area contributed by atoms with Crippen LogP contribution < -0.4 is 4.72 Å². The molecule has 5 nitrogen and oxygen atoms in total. The fraction of sp³-hybridized carbons (Fsp3) is 0.118. The SMILES string of the molecule is Cc1ccc(Cl)cc1S(=O)(=O)NCc1cncc(-c2ccco2)c1. The molecule has 0 spiro atoms. The Morgan fingerprint density at radius 3 is 2.79 bits per heavy atom. The van der Waals surface area contributed by atoms with Gasteiger partial charge in [0.15, 0.2) is 0 Å². The van der Waals surface area contributed by atoms with Crippen LogP contribution in [0.2, 0.25) is 5.02 Å². The van der Waals surface area contributed by atoms with E-state index in [4.69, 9.17) is 16.0 Å². The molecule has 1 aromatic carbocycles. The van der Waals surface area contributed by atoms with Crippen molar-refractivity contribution >= 4 is 21.6 Å². The van der Waals surface area contributed by atoms with Crippen molar-refractivity contribution in [3.8, 4) is 11.3 Å². The number of hydrogen-bond donors (Lipinski definition) is 1. The maximum atomic E-state index is 12.5.